The maximum atomic E-state index is 14.3. The van der Waals surface area contributed by atoms with Crippen molar-refractivity contribution in [3.8, 4) is 29.1 Å². The molecule has 4 saturated carbocycles. The van der Waals surface area contributed by atoms with Gasteiger partial charge in [0.1, 0.15) is 5.75 Å². The fourth-order valence-corrected chi connectivity index (χ4v) is 16.6. The summed E-state index contributed by atoms with van der Waals surface area (Å²) in [5.74, 6) is 8.59. The maximum Gasteiger partial charge on any atom is 0.161 e. The third kappa shape index (κ3) is 9.43. The Morgan fingerprint density at radius 2 is 1.80 bits per heavy atom. The van der Waals surface area contributed by atoms with E-state index in [0.717, 1.165) is 72.8 Å². The second-order valence-corrected chi connectivity index (χ2v) is 23.7. The van der Waals surface area contributed by atoms with Crippen LogP contribution in [0.4, 0.5) is 0 Å². The van der Waals surface area contributed by atoms with Gasteiger partial charge in [0, 0.05) is 53.0 Å². The molecule has 9 N–H and O–H groups in total. The number of allylic oxidation sites excluding steroid dienone is 5. The monoisotopic (exact) mass is 970 g/mol. The fraction of sp³-hybridized carbons (Fsp3) is 0.500. The molecule has 7 aliphatic rings. The van der Waals surface area contributed by atoms with Gasteiger partial charge in [-0.05, 0) is 163 Å². The van der Waals surface area contributed by atoms with E-state index >= 15 is 0 Å². The molecule has 0 aromatic heterocycles. The van der Waals surface area contributed by atoms with Gasteiger partial charge in [-0.15, -0.1) is 5.76 Å². The number of carbonyl (C=O) groups is 1. The number of aromatic hydroxyl groups is 2. The van der Waals surface area contributed by atoms with Gasteiger partial charge in [-0.1, -0.05) is 70.2 Å². The van der Waals surface area contributed by atoms with E-state index in [1.54, 1.807) is 58.1 Å². The summed E-state index contributed by atoms with van der Waals surface area (Å²) < 4.78 is 6.18. The van der Waals surface area contributed by atoms with Gasteiger partial charge in [0.25, 0.3) is 0 Å². The second kappa shape index (κ2) is 19.6. The Labute approximate surface area is 413 Å². The molecule has 8 bridgehead atoms. The number of hydrogen-bond acceptors (Lipinski definition) is 13. The average Bonchev–Trinajstić information content (AvgIpc) is 4.03. The number of carbonyl (C=O) groups excluding carboxylic acids is 1. The van der Waals surface area contributed by atoms with Gasteiger partial charge in [-0.3, -0.25) is 9.79 Å². The number of ether oxygens (including phenoxy) is 1. The number of nitrogens with two attached hydrogens (primary N) is 2. The van der Waals surface area contributed by atoms with Gasteiger partial charge in [-0.25, -0.2) is 0 Å². The van der Waals surface area contributed by atoms with Crippen LogP contribution in [0.15, 0.2) is 89.3 Å². The van der Waals surface area contributed by atoms with Gasteiger partial charge < -0.3 is 46.8 Å². The Bertz CT molecular complexity index is 2690. The van der Waals surface area contributed by atoms with Crippen molar-refractivity contribution in [3.05, 3.63) is 123 Å². The molecule has 0 amide bonds. The Hall–Kier alpha value is -4.52. The summed E-state index contributed by atoms with van der Waals surface area (Å²) in [6, 6.07) is 14.6. The Kier molecular flexibility index (Phi) is 13.7. The Balaban J connectivity index is 1.03. The first-order valence-electron chi connectivity index (χ1n) is 24.8. The molecule has 364 valence electrons. The highest BCUT2D eigenvalue weighted by Gasteiger charge is 2.65. The van der Waals surface area contributed by atoms with E-state index in [1.165, 1.54) is 0 Å². The lowest BCUT2D eigenvalue weighted by Crippen LogP contribution is -2.50. The van der Waals surface area contributed by atoms with Crippen molar-refractivity contribution in [1.82, 2.24) is 0 Å². The van der Waals surface area contributed by atoms with Gasteiger partial charge in [0.05, 0.1) is 43.7 Å². The number of benzene rings is 3. The number of aryl methyl sites for hydroxylation is 1. The highest BCUT2D eigenvalue weighted by molar-refractivity contribution is 8.76. The number of aliphatic imine (C=N–C) groups is 1. The minimum atomic E-state index is -0.808. The molecule has 5 aliphatic carbocycles. The van der Waals surface area contributed by atoms with Crippen LogP contribution in [0.2, 0.25) is 0 Å². The van der Waals surface area contributed by atoms with Crippen LogP contribution < -0.4 is 21.3 Å². The summed E-state index contributed by atoms with van der Waals surface area (Å²) in [4.78, 5) is 18.3. The van der Waals surface area contributed by atoms with Crippen molar-refractivity contribution in [2.45, 2.75) is 120 Å². The summed E-state index contributed by atoms with van der Waals surface area (Å²) in [6.45, 7) is -0.0380. The third-order valence-corrected chi connectivity index (χ3v) is 19.6. The summed E-state index contributed by atoms with van der Waals surface area (Å²) in [7, 11) is 3.44. The van der Waals surface area contributed by atoms with Crippen LogP contribution in [-0.2, 0) is 23.4 Å². The van der Waals surface area contributed by atoms with E-state index in [-0.39, 0.29) is 65.8 Å². The quantitative estimate of drug-likeness (QED) is 0.0768. The molecule has 3 aromatic rings. The number of phenolic OH excluding ortho intramolecular Hbond substituents is 2. The summed E-state index contributed by atoms with van der Waals surface area (Å²) in [6.07, 6.45) is 14.7. The molecule has 0 radical (unpaired) electrons. The number of hydrogen-bond donors (Lipinski definition) is 7. The molecule has 0 saturated heterocycles. The number of rotatable bonds is 4. The third-order valence-electron chi connectivity index (χ3n) is 17.1. The van der Waals surface area contributed by atoms with Gasteiger partial charge >= 0.3 is 0 Å². The molecule has 0 spiro atoms. The predicted octanol–water partition coefficient (Wildman–Crippen LogP) is 7.54. The van der Waals surface area contributed by atoms with E-state index in [2.05, 4.69) is 29.0 Å². The van der Waals surface area contributed by atoms with Gasteiger partial charge in [0.15, 0.2) is 17.3 Å². The summed E-state index contributed by atoms with van der Waals surface area (Å²) in [5, 5.41) is 70.0. The van der Waals surface area contributed by atoms with Gasteiger partial charge in [0.2, 0.25) is 0 Å². The van der Waals surface area contributed by atoms with Crippen LogP contribution in [0.1, 0.15) is 128 Å². The lowest BCUT2D eigenvalue weighted by atomic mass is 9.48. The predicted molar refractivity (Wildman–Crippen MR) is 269 cm³/mol. The van der Waals surface area contributed by atoms with Crippen molar-refractivity contribution in [3.63, 3.8) is 0 Å². The minimum Gasteiger partial charge on any atom is -0.875 e. The Morgan fingerprint density at radius 1 is 0.971 bits per heavy atom. The van der Waals surface area contributed by atoms with Crippen molar-refractivity contribution in [2.75, 3.05) is 19.0 Å². The SMILES string of the molecule is NC(N)c1cc2c3cc1CSSCC14CC5CC6CCCC6(CC(O)CO)CC5C(C=CC(=O)CCc5ccc(O)c(c5)OCCc5ccc(O)c(c5)C3CC([O-])=C3C=CN=C3CC#C2)(CC1O)C4. The second-order valence-electron chi connectivity index (χ2n) is 21.2. The molecule has 13 heteroatoms. The van der Waals surface area contributed by atoms with E-state index in [0.29, 0.717) is 83.6 Å². The van der Waals surface area contributed by atoms with Crippen LogP contribution in [0.5, 0.6) is 17.2 Å². The number of phenols is 2. The fourth-order valence-electron chi connectivity index (χ4n) is 13.9. The minimum absolute atomic E-state index is 0.00589. The number of fused-ring (bicyclic) bond motifs is 9. The lowest BCUT2D eigenvalue weighted by Gasteiger charge is -2.57. The van der Waals surface area contributed by atoms with Crippen LogP contribution >= 0.6 is 21.6 Å². The molecule has 2 aliphatic heterocycles. The highest BCUT2D eigenvalue weighted by Crippen LogP contribution is 2.71. The van der Waals surface area contributed by atoms with Crippen LogP contribution in [0, 0.1) is 45.8 Å². The first-order valence-corrected chi connectivity index (χ1v) is 27.3. The van der Waals surface area contributed by atoms with Gasteiger partial charge in [-0.2, -0.15) is 0 Å². The molecule has 4 fully saturated rings. The van der Waals surface area contributed by atoms with Crippen molar-refractivity contribution >= 4 is 33.1 Å². The molecule has 2 heterocycles. The summed E-state index contributed by atoms with van der Waals surface area (Å²) in [5.41, 5.74) is 18.8. The number of aliphatic hydroxyl groups is 3. The topological polar surface area (TPSA) is 215 Å². The van der Waals surface area contributed by atoms with Crippen molar-refractivity contribution in [1.29, 1.82) is 0 Å². The van der Waals surface area contributed by atoms with Crippen LogP contribution in [-0.4, -0.2) is 68.2 Å². The maximum absolute atomic E-state index is 14.3. The smallest absolute Gasteiger partial charge is 0.161 e. The zero-order chi connectivity index (χ0) is 48.1. The zero-order valence-corrected chi connectivity index (χ0v) is 40.7. The molecular formula is C56H64N3O8S2-. The molecule has 10 rings (SSSR count). The Morgan fingerprint density at radius 3 is 2.62 bits per heavy atom. The molecular weight excluding hydrogens is 907 g/mol. The van der Waals surface area contributed by atoms with Crippen LogP contribution in [0.25, 0.3) is 0 Å². The van der Waals surface area contributed by atoms with E-state index < -0.39 is 29.7 Å². The van der Waals surface area contributed by atoms with Crippen molar-refractivity contribution in [2.24, 2.45) is 50.5 Å². The standard InChI is InChI=1S/C56H65N3O8S2/c57-53(58)43-22-35-3-1-5-47-41(13-17-59-47)50(65)24-44-42(35)23-37(43)30-68-69-32-56-25-36-21-38-4-2-15-54(38,26-40(62)29-60)27-46(36)55(31-56,28-52(56)66)16-12-39(61)9-6-33-8-11-49(64)51(20-33)67-18-14-34-7-10-48(63)45(44)19-34/h7-8,10-13,16-17,19-20,22-23,36,38,40,44,46,52-53,60,62-66H,2,4-6,9,14-15,18,21,24-32,57-58H2/p-1. The average molecular weight is 971 g/mol. The summed E-state index contributed by atoms with van der Waals surface area (Å²) >= 11 is 0. The number of ketones is 1. The number of nitrogens with zero attached hydrogens (tertiary/aromatic N) is 1. The normalized spacial score (nSPS) is 31.5. The molecule has 69 heavy (non-hydrogen) atoms. The molecule has 11 nitrogen and oxygen atoms in total. The molecule has 9 atom stereocenters. The first kappa shape index (κ1) is 48.1. The van der Waals surface area contributed by atoms with E-state index in [4.69, 9.17) is 16.2 Å². The molecule has 9 unspecified atom stereocenters. The van der Waals surface area contributed by atoms with E-state index in [9.17, 15) is 35.4 Å². The van der Waals surface area contributed by atoms with Crippen molar-refractivity contribution < 1.29 is 40.2 Å². The number of aliphatic hydroxyl groups excluding tert-OH is 3. The zero-order valence-electron chi connectivity index (χ0n) is 39.1. The molecule has 3 aromatic carbocycles. The first-order chi connectivity index (χ1) is 33.3. The largest absolute Gasteiger partial charge is 0.875 e. The highest BCUT2D eigenvalue weighted by atomic mass is 33.1. The van der Waals surface area contributed by atoms with E-state index in [1.807, 2.05) is 24.3 Å². The lowest BCUT2D eigenvalue weighted by molar-refractivity contribution is -0.307. The van der Waals surface area contributed by atoms with Crippen LogP contribution in [0.3, 0.4) is 0 Å².